The Bertz CT molecular complexity index is 949. The lowest BCUT2D eigenvalue weighted by Crippen LogP contribution is -2.09. The molecule has 0 bridgehead atoms. The number of nitrogens with zero attached hydrogens (tertiary/aromatic N) is 4. The molecule has 3 rings (SSSR count). The highest BCUT2D eigenvalue weighted by atomic mass is 35.5. The molecule has 0 aliphatic heterocycles. The van der Waals surface area contributed by atoms with Crippen molar-refractivity contribution < 1.29 is 4.74 Å². The van der Waals surface area contributed by atoms with Crippen LogP contribution in [0.1, 0.15) is 49.7 Å². The van der Waals surface area contributed by atoms with E-state index in [0.717, 1.165) is 41.7 Å². The number of hydrogen-bond donors (Lipinski definition) is 0. The first kappa shape index (κ1) is 20.1. The maximum Gasteiger partial charge on any atom is 0.166 e. The Labute approximate surface area is 169 Å². The molecule has 0 fully saturated rings. The lowest BCUT2D eigenvalue weighted by Gasteiger charge is -2.15. The van der Waals surface area contributed by atoms with Gasteiger partial charge < -0.3 is 4.74 Å². The third-order valence-corrected chi connectivity index (χ3v) is 5.18. The quantitative estimate of drug-likeness (QED) is 0.519. The van der Waals surface area contributed by atoms with Gasteiger partial charge in [-0.05, 0) is 38.0 Å². The van der Waals surface area contributed by atoms with Crippen molar-refractivity contribution in [2.75, 3.05) is 13.7 Å². The Morgan fingerprint density at radius 1 is 1.19 bits per heavy atom. The third kappa shape index (κ3) is 3.96. The van der Waals surface area contributed by atoms with Crippen LogP contribution in [0.4, 0.5) is 0 Å². The molecular weight excluding hydrogens is 383 g/mol. The van der Waals surface area contributed by atoms with Gasteiger partial charge in [0, 0.05) is 29.2 Å². The molecule has 2 aromatic heterocycles. The van der Waals surface area contributed by atoms with Gasteiger partial charge in [0.1, 0.15) is 5.82 Å². The van der Waals surface area contributed by atoms with Crippen molar-refractivity contribution in [3.05, 3.63) is 45.3 Å². The zero-order chi connectivity index (χ0) is 19.6. The average Bonchev–Trinajstić information content (AvgIpc) is 2.99. The van der Waals surface area contributed by atoms with E-state index >= 15 is 0 Å². The summed E-state index contributed by atoms with van der Waals surface area (Å²) in [4.78, 5) is 9.36. The van der Waals surface area contributed by atoms with Crippen molar-refractivity contribution in [1.29, 1.82) is 0 Å². The topological polar surface area (TPSA) is 52.3 Å². The van der Waals surface area contributed by atoms with E-state index in [9.17, 15) is 0 Å². The molecule has 27 heavy (non-hydrogen) atoms. The van der Waals surface area contributed by atoms with Crippen LogP contribution in [-0.4, -0.2) is 33.3 Å². The zero-order valence-electron chi connectivity index (χ0n) is 16.1. The molecule has 1 atom stereocenters. The molecule has 0 saturated heterocycles. The summed E-state index contributed by atoms with van der Waals surface area (Å²) in [5, 5.41) is 5.97. The zero-order valence-corrected chi connectivity index (χ0v) is 17.6. The van der Waals surface area contributed by atoms with Crippen LogP contribution in [0.5, 0.6) is 0 Å². The number of rotatable bonds is 7. The van der Waals surface area contributed by atoms with Gasteiger partial charge in [0.15, 0.2) is 11.5 Å². The molecule has 2 heterocycles. The van der Waals surface area contributed by atoms with Gasteiger partial charge >= 0.3 is 0 Å². The molecule has 0 spiro atoms. The van der Waals surface area contributed by atoms with E-state index in [2.05, 4.69) is 18.8 Å². The Balaban J connectivity index is 2.29. The van der Waals surface area contributed by atoms with Gasteiger partial charge in [-0.3, -0.25) is 0 Å². The van der Waals surface area contributed by atoms with Crippen LogP contribution >= 0.6 is 23.2 Å². The van der Waals surface area contributed by atoms with Crippen LogP contribution in [0.3, 0.4) is 0 Å². The van der Waals surface area contributed by atoms with Crippen molar-refractivity contribution in [2.24, 2.45) is 0 Å². The van der Waals surface area contributed by atoms with E-state index in [1.54, 1.807) is 13.2 Å². The first-order valence-corrected chi connectivity index (χ1v) is 9.96. The second-order valence-electron chi connectivity index (χ2n) is 6.61. The number of aromatic nitrogens is 4. The minimum absolute atomic E-state index is 0.246. The van der Waals surface area contributed by atoms with E-state index in [4.69, 9.17) is 38.0 Å². The molecule has 3 aromatic rings. The van der Waals surface area contributed by atoms with E-state index in [1.807, 2.05) is 23.6 Å². The maximum atomic E-state index is 6.45. The minimum Gasteiger partial charge on any atom is -0.384 e. The van der Waals surface area contributed by atoms with Gasteiger partial charge in [-0.25, -0.2) is 9.97 Å². The number of aryl methyl sites for hydroxylation is 2. The molecule has 7 heteroatoms. The van der Waals surface area contributed by atoms with Crippen LogP contribution in [0.2, 0.25) is 10.0 Å². The molecule has 1 unspecified atom stereocenters. The molecule has 1 aromatic carbocycles. The van der Waals surface area contributed by atoms with Gasteiger partial charge in [0.05, 0.1) is 17.3 Å². The average molecular weight is 407 g/mol. The molecule has 0 amide bonds. The number of fused-ring (bicyclic) bond motifs is 1. The SMILES string of the molecule is CCCC(COC)c1c(CC)nn2c(-c3ccc(Cl)cc3Cl)nc(C)nc12. The smallest absolute Gasteiger partial charge is 0.166 e. The summed E-state index contributed by atoms with van der Waals surface area (Å²) in [6.07, 6.45) is 2.90. The number of hydrogen-bond acceptors (Lipinski definition) is 4. The summed E-state index contributed by atoms with van der Waals surface area (Å²) in [7, 11) is 1.74. The second-order valence-corrected chi connectivity index (χ2v) is 7.45. The summed E-state index contributed by atoms with van der Waals surface area (Å²) in [5.74, 6) is 1.60. The van der Waals surface area contributed by atoms with Crippen LogP contribution in [0, 0.1) is 6.92 Å². The first-order chi connectivity index (χ1) is 13.0. The first-order valence-electron chi connectivity index (χ1n) is 9.20. The van der Waals surface area contributed by atoms with E-state index in [-0.39, 0.29) is 5.92 Å². The van der Waals surface area contributed by atoms with Gasteiger partial charge in [0.2, 0.25) is 0 Å². The Hall–Kier alpha value is -1.69. The molecule has 5 nitrogen and oxygen atoms in total. The summed E-state index contributed by atoms with van der Waals surface area (Å²) in [6, 6.07) is 5.40. The standard InChI is InChI=1S/C20H24Cl2N4O/c1-5-7-13(11-27-4)18-17(6-2)25-26-19(23-12(3)24-20(18)26)15-9-8-14(21)10-16(15)22/h8-10,13H,5-7,11H2,1-4H3. The normalized spacial score (nSPS) is 12.7. The van der Waals surface area contributed by atoms with Gasteiger partial charge in [0.25, 0.3) is 0 Å². The van der Waals surface area contributed by atoms with E-state index in [0.29, 0.717) is 28.3 Å². The van der Waals surface area contributed by atoms with Gasteiger partial charge in [-0.1, -0.05) is 43.5 Å². The minimum atomic E-state index is 0.246. The van der Waals surface area contributed by atoms with Crippen molar-refractivity contribution >= 4 is 28.8 Å². The van der Waals surface area contributed by atoms with E-state index in [1.165, 1.54) is 0 Å². The summed E-state index contributed by atoms with van der Waals surface area (Å²) >= 11 is 12.5. The summed E-state index contributed by atoms with van der Waals surface area (Å²) < 4.78 is 7.30. The molecule has 0 saturated carbocycles. The molecule has 144 valence electrons. The van der Waals surface area contributed by atoms with Crippen molar-refractivity contribution in [3.63, 3.8) is 0 Å². The largest absolute Gasteiger partial charge is 0.384 e. The molecule has 0 radical (unpaired) electrons. The van der Waals surface area contributed by atoms with Crippen molar-refractivity contribution in [3.8, 4) is 11.4 Å². The fraction of sp³-hybridized carbons (Fsp3) is 0.450. The van der Waals surface area contributed by atoms with Gasteiger partial charge in [-0.15, -0.1) is 0 Å². The van der Waals surface area contributed by atoms with Gasteiger partial charge in [-0.2, -0.15) is 9.61 Å². The monoisotopic (exact) mass is 406 g/mol. The van der Waals surface area contributed by atoms with Crippen molar-refractivity contribution in [2.45, 2.75) is 46.0 Å². The molecule has 0 aliphatic carbocycles. The maximum absolute atomic E-state index is 6.45. The highest BCUT2D eigenvalue weighted by Gasteiger charge is 2.24. The number of methoxy groups -OCH3 is 1. The Morgan fingerprint density at radius 3 is 2.59 bits per heavy atom. The van der Waals surface area contributed by atoms with Crippen LogP contribution in [0.15, 0.2) is 18.2 Å². The second kappa shape index (κ2) is 8.55. The lowest BCUT2D eigenvalue weighted by atomic mass is 9.94. The predicted molar refractivity (Wildman–Crippen MR) is 110 cm³/mol. The predicted octanol–water partition coefficient (Wildman–Crippen LogP) is 5.50. The highest BCUT2D eigenvalue weighted by Crippen LogP contribution is 2.33. The fourth-order valence-electron chi connectivity index (χ4n) is 3.48. The van der Waals surface area contributed by atoms with Crippen molar-refractivity contribution in [1.82, 2.24) is 19.6 Å². The van der Waals surface area contributed by atoms with Crippen LogP contribution < -0.4 is 0 Å². The molecule has 0 N–H and O–H groups in total. The summed E-state index contributed by atoms with van der Waals surface area (Å²) in [6.45, 7) is 6.82. The Kier molecular flexibility index (Phi) is 6.35. The summed E-state index contributed by atoms with van der Waals surface area (Å²) in [5.41, 5.74) is 3.79. The Morgan fingerprint density at radius 2 is 1.96 bits per heavy atom. The number of ether oxygens (including phenoxy) is 1. The third-order valence-electron chi connectivity index (χ3n) is 4.63. The van der Waals surface area contributed by atoms with E-state index < -0.39 is 0 Å². The van der Waals surface area contributed by atoms with Crippen LogP contribution in [-0.2, 0) is 11.2 Å². The molecule has 0 aliphatic rings. The fourth-order valence-corrected chi connectivity index (χ4v) is 3.98. The highest BCUT2D eigenvalue weighted by molar-refractivity contribution is 6.36. The molecular formula is C20H24Cl2N4O. The van der Waals surface area contributed by atoms with Crippen LogP contribution in [0.25, 0.3) is 17.0 Å². The number of halogens is 2. The number of benzene rings is 1. The lowest BCUT2D eigenvalue weighted by molar-refractivity contribution is 0.175.